The van der Waals surface area contributed by atoms with Crippen LogP contribution in [0.3, 0.4) is 0 Å². The van der Waals surface area contributed by atoms with E-state index in [1.807, 2.05) is 43.3 Å². The first kappa shape index (κ1) is 17.1. The number of rotatable bonds is 5. The highest BCUT2D eigenvalue weighted by atomic mass is 16.4. The van der Waals surface area contributed by atoms with Crippen LogP contribution in [0.25, 0.3) is 0 Å². The number of aliphatic carboxylic acids is 1. The van der Waals surface area contributed by atoms with Crippen molar-refractivity contribution in [2.24, 2.45) is 0 Å². The summed E-state index contributed by atoms with van der Waals surface area (Å²) >= 11 is 0. The normalized spacial score (nSPS) is 12.0. The third kappa shape index (κ3) is 3.92. The first-order chi connectivity index (χ1) is 10.8. The van der Waals surface area contributed by atoms with Crippen molar-refractivity contribution in [1.82, 2.24) is 0 Å². The van der Waals surface area contributed by atoms with Gasteiger partial charge in [-0.05, 0) is 61.6 Å². The quantitative estimate of drug-likeness (QED) is 0.904. The summed E-state index contributed by atoms with van der Waals surface area (Å²) in [7, 11) is 3.92. The fourth-order valence-electron chi connectivity index (χ4n) is 3.10. The zero-order valence-electron chi connectivity index (χ0n) is 14.6. The molecule has 0 aromatic heterocycles. The van der Waals surface area contributed by atoms with Crippen LogP contribution in [-0.4, -0.2) is 25.2 Å². The van der Waals surface area contributed by atoms with Gasteiger partial charge >= 0.3 is 5.97 Å². The van der Waals surface area contributed by atoms with Gasteiger partial charge in [-0.25, -0.2) is 0 Å². The molecule has 1 N–H and O–H groups in total. The molecule has 0 aliphatic heterocycles. The molecular weight excluding hydrogens is 286 g/mol. The summed E-state index contributed by atoms with van der Waals surface area (Å²) in [5.41, 5.74) is 6.55. The van der Waals surface area contributed by atoms with Gasteiger partial charge in [-0.2, -0.15) is 0 Å². The molecule has 1 atom stereocenters. The van der Waals surface area contributed by atoms with Gasteiger partial charge in [0.1, 0.15) is 0 Å². The van der Waals surface area contributed by atoms with Crippen molar-refractivity contribution < 1.29 is 9.90 Å². The average Bonchev–Trinajstić information content (AvgIpc) is 2.46. The lowest BCUT2D eigenvalue weighted by Gasteiger charge is -2.19. The lowest BCUT2D eigenvalue weighted by atomic mass is 9.87. The molecular formula is C20H25NO2. The van der Waals surface area contributed by atoms with Crippen molar-refractivity contribution >= 4 is 11.7 Å². The maximum Gasteiger partial charge on any atom is 0.311 e. The summed E-state index contributed by atoms with van der Waals surface area (Å²) in [5.74, 6) is -1.31. The maximum absolute atomic E-state index is 11.9. The summed E-state index contributed by atoms with van der Waals surface area (Å²) in [4.78, 5) is 13.9. The molecule has 0 saturated heterocycles. The summed E-state index contributed by atoms with van der Waals surface area (Å²) in [6.45, 7) is 6.19. The van der Waals surface area contributed by atoms with E-state index in [0.29, 0.717) is 6.42 Å². The Hall–Kier alpha value is -2.29. The minimum absolute atomic E-state index is 0.518. The third-order valence-corrected chi connectivity index (χ3v) is 4.34. The Morgan fingerprint density at radius 3 is 2.22 bits per heavy atom. The van der Waals surface area contributed by atoms with E-state index in [-0.39, 0.29) is 0 Å². The van der Waals surface area contributed by atoms with Crippen molar-refractivity contribution in [3.63, 3.8) is 0 Å². The van der Waals surface area contributed by atoms with Gasteiger partial charge in [0.2, 0.25) is 0 Å². The van der Waals surface area contributed by atoms with E-state index >= 15 is 0 Å². The van der Waals surface area contributed by atoms with E-state index < -0.39 is 11.9 Å². The van der Waals surface area contributed by atoms with Gasteiger partial charge in [0.15, 0.2) is 0 Å². The number of hydrogen-bond donors (Lipinski definition) is 1. The van der Waals surface area contributed by atoms with E-state index in [9.17, 15) is 9.90 Å². The first-order valence-electron chi connectivity index (χ1n) is 7.86. The highest BCUT2D eigenvalue weighted by molar-refractivity contribution is 5.77. The van der Waals surface area contributed by atoms with Crippen LogP contribution in [0.1, 0.15) is 33.7 Å². The van der Waals surface area contributed by atoms with Crippen LogP contribution in [-0.2, 0) is 11.2 Å². The smallest absolute Gasteiger partial charge is 0.311 e. The number of carbonyl (C=O) groups is 1. The van der Waals surface area contributed by atoms with Crippen molar-refractivity contribution in [3.8, 4) is 0 Å². The molecule has 2 aromatic rings. The molecule has 2 rings (SSSR count). The van der Waals surface area contributed by atoms with Gasteiger partial charge in [0, 0.05) is 19.8 Å². The summed E-state index contributed by atoms with van der Waals surface area (Å²) in [6, 6.07) is 12.0. The van der Waals surface area contributed by atoms with E-state index in [2.05, 4.69) is 32.9 Å². The first-order valence-corrected chi connectivity index (χ1v) is 7.86. The van der Waals surface area contributed by atoms with Crippen LogP contribution in [0.15, 0.2) is 36.4 Å². The Labute approximate surface area is 138 Å². The van der Waals surface area contributed by atoms with Crippen molar-refractivity contribution in [1.29, 1.82) is 0 Å². The third-order valence-electron chi connectivity index (χ3n) is 4.34. The zero-order chi connectivity index (χ0) is 17.1. The molecule has 0 aliphatic carbocycles. The standard InChI is InChI=1S/C20H25NO2/c1-13-9-14(2)18(15(3)10-13)12-19(20(22)23)16-7-6-8-17(11-16)21(4)5/h6-11,19H,12H2,1-5H3,(H,22,23). The minimum Gasteiger partial charge on any atom is -0.481 e. The molecule has 0 aliphatic rings. The topological polar surface area (TPSA) is 40.5 Å². The monoisotopic (exact) mass is 311 g/mol. The predicted molar refractivity (Wildman–Crippen MR) is 95.5 cm³/mol. The van der Waals surface area contributed by atoms with Crippen molar-refractivity contribution in [2.75, 3.05) is 19.0 Å². The minimum atomic E-state index is -0.778. The molecule has 122 valence electrons. The Morgan fingerprint density at radius 2 is 1.70 bits per heavy atom. The molecule has 23 heavy (non-hydrogen) atoms. The fraction of sp³-hybridized carbons (Fsp3) is 0.350. The molecule has 3 nitrogen and oxygen atoms in total. The Morgan fingerprint density at radius 1 is 1.09 bits per heavy atom. The number of anilines is 1. The Kier molecular flexibility index (Phi) is 5.09. The van der Waals surface area contributed by atoms with E-state index in [0.717, 1.165) is 27.9 Å². The number of hydrogen-bond acceptors (Lipinski definition) is 2. The van der Waals surface area contributed by atoms with Gasteiger partial charge < -0.3 is 10.0 Å². The number of aryl methyl sites for hydroxylation is 3. The molecule has 0 fully saturated rings. The molecule has 0 radical (unpaired) electrons. The molecule has 1 unspecified atom stereocenters. The number of nitrogens with zero attached hydrogens (tertiary/aromatic N) is 1. The van der Waals surface area contributed by atoms with E-state index in [4.69, 9.17) is 0 Å². The molecule has 0 bridgehead atoms. The van der Waals surface area contributed by atoms with Crippen molar-refractivity contribution in [2.45, 2.75) is 33.1 Å². The molecule has 0 heterocycles. The molecule has 0 amide bonds. The molecule has 3 heteroatoms. The van der Waals surface area contributed by atoms with Crippen LogP contribution in [0.4, 0.5) is 5.69 Å². The Bertz CT molecular complexity index is 696. The van der Waals surface area contributed by atoms with Crippen LogP contribution < -0.4 is 4.90 Å². The summed E-state index contributed by atoms with van der Waals surface area (Å²) in [5, 5.41) is 9.74. The number of benzene rings is 2. The van der Waals surface area contributed by atoms with Crippen LogP contribution in [0.2, 0.25) is 0 Å². The van der Waals surface area contributed by atoms with E-state index in [1.54, 1.807) is 0 Å². The second-order valence-electron chi connectivity index (χ2n) is 6.46. The highest BCUT2D eigenvalue weighted by Crippen LogP contribution is 2.28. The predicted octanol–water partition coefficient (Wildman–Crippen LogP) is 4.09. The number of carboxylic acids is 1. The largest absolute Gasteiger partial charge is 0.481 e. The Balaban J connectivity index is 2.41. The van der Waals surface area contributed by atoms with Gasteiger partial charge in [0.05, 0.1) is 5.92 Å². The fourth-order valence-corrected chi connectivity index (χ4v) is 3.10. The SMILES string of the molecule is Cc1cc(C)c(CC(C(=O)O)c2cccc(N(C)C)c2)c(C)c1. The van der Waals surface area contributed by atoms with Gasteiger partial charge in [-0.15, -0.1) is 0 Å². The molecule has 0 saturated carbocycles. The van der Waals surface area contributed by atoms with Crippen LogP contribution >= 0.6 is 0 Å². The highest BCUT2D eigenvalue weighted by Gasteiger charge is 2.22. The average molecular weight is 311 g/mol. The summed E-state index contributed by atoms with van der Waals surface area (Å²) < 4.78 is 0. The van der Waals surface area contributed by atoms with Gasteiger partial charge in [0.25, 0.3) is 0 Å². The lowest BCUT2D eigenvalue weighted by Crippen LogP contribution is -2.17. The van der Waals surface area contributed by atoms with Crippen LogP contribution in [0, 0.1) is 20.8 Å². The second kappa shape index (κ2) is 6.86. The van der Waals surface area contributed by atoms with Gasteiger partial charge in [-0.3, -0.25) is 4.79 Å². The van der Waals surface area contributed by atoms with Crippen molar-refractivity contribution in [3.05, 3.63) is 64.2 Å². The van der Waals surface area contributed by atoms with Gasteiger partial charge in [-0.1, -0.05) is 29.8 Å². The molecule has 0 spiro atoms. The van der Waals surface area contributed by atoms with Crippen LogP contribution in [0.5, 0.6) is 0 Å². The maximum atomic E-state index is 11.9. The number of carboxylic acid groups (broad SMARTS) is 1. The lowest BCUT2D eigenvalue weighted by molar-refractivity contribution is -0.138. The zero-order valence-corrected chi connectivity index (χ0v) is 14.6. The second-order valence-corrected chi connectivity index (χ2v) is 6.46. The molecule has 2 aromatic carbocycles. The van der Waals surface area contributed by atoms with E-state index in [1.165, 1.54) is 5.56 Å². The summed E-state index contributed by atoms with van der Waals surface area (Å²) in [6.07, 6.45) is 0.518.